The van der Waals surface area contributed by atoms with Crippen LogP contribution in [0.1, 0.15) is 12.1 Å². The van der Waals surface area contributed by atoms with Gasteiger partial charge < -0.3 is 4.84 Å². The predicted molar refractivity (Wildman–Crippen MR) is 41.7 cm³/mol. The summed E-state index contributed by atoms with van der Waals surface area (Å²) in [4.78, 5) is 4.44. The van der Waals surface area contributed by atoms with Gasteiger partial charge in [0.15, 0.2) is 0 Å². The third-order valence-electron chi connectivity index (χ3n) is 1.56. The largest absolute Gasteiger partial charge is 0.305 e. The van der Waals surface area contributed by atoms with Gasteiger partial charge >= 0.3 is 0 Å². The molecule has 0 bridgehead atoms. The lowest BCUT2D eigenvalue weighted by atomic mass is 10.4. The van der Waals surface area contributed by atoms with E-state index in [2.05, 4.69) is 9.94 Å². The molecule has 0 amide bonds. The van der Waals surface area contributed by atoms with Crippen molar-refractivity contribution in [2.24, 2.45) is 5.90 Å². The van der Waals surface area contributed by atoms with E-state index in [1.807, 2.05) is 17.7 Å². The van der Waals surface area contributed by atoms with Gasteiger partial charge in [-0.15, -0.1) is 0 Å². The Bertz CT molecular complexity index is 209. The summed E-state index contributed by atoms with van der Waals surface area (Å²) < 4.78 is 1.93. The molecule has 1 aromatic heterocycles. The minimum atomic E-state index is 0.583. The highest BCUT2D eigenvalue weighted by Crippen LogP contribution is 1.96. The molecule has 0 aliphatic rings. The van der Waals surface area contributed by atoms with Crippen molar-refractivity contribution < 1.29 is 4.84 Å². The average molecular weight is 155 g/mol. The summed E-state index contributed by atoms with van der Waals surface area (Å²) in [6.07, 6.45) is 2.69. The zero-order valence-corrected chi connectivity index (χ0v) is 6.66. The topological polar surface area (TPSA) is 53.1 Å². The number of nitrogens with two attached hydrogens (primary N) is 1. The molecule has 4 nitrogen and oxygen atoms in total. The monoisotopic (exact) mass is 155 g/mol. The number of rotatable bonds is 4. The number of aryl methyl sites for hydroxylation is 2. The van der Waals surface area contributed by atoms with E-state index in [4.69, 9.17) is 5.90 Å². The molecule has 0 spiro atoms. The summed E-state index contributed by atoms with van der Waals surface area (Å²) in [5.41, 5.74) is 1.17. The normalized spacial score (nSPS) is 10.4. The molecule has 0 radical (unpaired) electrons. The molecule has 1 rings (SSSR count). The van der Waals surface area contributed by atoms with Gasteiger partial charge in [0.05, 0.1) is 6.61 Å². The number of hydrogen-bond acceptors (Lipinski definition) is 3. The van der Waals surface area contributed by atoms with E-state index < -0.39 is 0 Å². The van der Waals surface area contributed by atoms with Crippen LogP contribution in [0.5, 0.6) is 0 Å². The fourth-order valence-electron chi connectivity index (χ4n) is 0.931. The second kappa shape index (κ2) is 4.10. The number of aromatic nitrogens is 2. The van der Waals surface area contributed by atoms with Crippen molar-refractivity contribution in [3.05, 3.63) is 18.0 Å². The van der Waals surface area contributed by atoms with Gasteiger partial charge in [0, 0.05) is 18.4 Å². The molecule has 0 aliphatic carbocycles. The van der Waals surface area contributed by atoms with Crippen molar-refractivity contribution in [2.45, 2.75) is 19.9 Å². The first-order valence-corrected chi connectivity index (χ1v) is 3.64. The van der Waals surface area contributed by atoms with Gasteiger partial charge in [0.2, 0.25) is 0 Å². The SMILES string of the molecule is Cc1ccnn1CCCON. The van der Waals surface area contributed by atoms with Gasteiger partial charge in [-0.2, -0.15) is 5.10 Å². The van der Waals surface area contributed by atoms with Crippen LogP contribution in [-0.2, 0) is 11.4 Å². The maximum atomic E-state index is 4.88. The van der Waals surface area contributed by atoms with Crippen molar-refractivity contribution in [3.63, 3.8) is 0 Å². The molecule has 4 heteroatoms. The van der Waals surface area contributed by atoms with Gasteiger partial charge in [-0.25, -0.2) is 5.90 Å². The molecular formula is C7H13N3O. The van der Waals surface area contributed by atoms with Gasteiger partial charge in [-0.05, 0) is 19.4 Å². The summed E-state index contributed by atoms with van der Waals surface area (Å²) in [6.45, 7) is 3.48. The van der Waals surface area contributed by atoms with Gasteiger partial charge in [0.1, 0.15) is 0 Å². The van der Waals surface area contributed by atoms with Crippen LogP contribution in [0.3, 0.4) is 0 Å². The van der Waals surface area contributed by atoms with E-state index in [9.17, 15) is 0 Å². The van der Waals surface area contributed by atoms with Crippen LogP contribution in [0.4, 0.5) is 0 Å². The summed E-state index contributed by atoms with van der Waals surface area (Å²) in [5, 5.41) is 4.11. The minimum absolute atomic E-state index is 0.583. The van der Waals surface area contributed by atoms with Crippen LogP contribution < -0.4 is 5.90 Å². The fraction of sp³-hybridized carbons (Fsp3) is 0.571. The van der Waals surface area contributed by atoms with Gasteiger partial charge in [-0.3, -0.25) is 4.68 Å². The standard InChI is InChI=1S/C7H13N3O/c1-7-3-4-9-10(7)5-2-6-11-8/h3-4H,2,5-6,8H2,1H3. The average Bonchev–Trinajstić information content (AvgIpc) is 2.37. The molecule has 0 saturated carbocycles. The Hall–Kier alpha value is -0.870. The molecule has 0 saturated heterocycles. The van der Waals surface area contributed by atoms with E-state index >= 15 is 0 Å². The molecule has 1 heterocycles. The molecule has 62 valence electrons. The second-order valence-corrected chi connectivity index (χ2v) is 2.42. The van der Waals surface area contributed by atoms with E-state index in [0.717, 1.165) is 13.0 Å². The summed E-state index contributed by atoms with van der Waals surface area (Å²) in [5.74, 6) is 4.88. The molecule has 0 aromatic carbocycles. The lowest BCUT2D eigenvalue weighted by molar-refractivity contribution is 0.131. The van der Waals surface area contributed by atoms with Gasteiger partial charge in [-0.1, -0.05) is 0 Å². The van der Waals surface area contributed by atoms with Crippen LogP contribution in [0.15, 0.2) is 12.3 Å². The van der Waals surface area contributed by atoms with Crippen LogP contribution in [0.25, 0.3) is 0 Å². The Morgan fingerprint density at radius 2 is 2.55 bits per heavy atom. The first kappa shape index (κ1) is 8.23. The van der Waals surface area contributed by atoms with Crippen molar-refractivity contribution in [2.75, 3.05) is 6.61 Å². The lowest BCUT2D eigenvalue weighted by Crippen LogP contribution is -2.07. The summed E-state index contributed by atoms with van der Waals surface area (Å²) in [7, 11) is 0. The Balaban J connectivity index is 2.32. The minimum Gasteiger partial charge on any atom is -0.305 e. The Kier molecular flexibility index (Phi) is 3.07. The Labute approximate surface area is 65.9 Å². The molecule has 0 unspecified atom stereocenters. The lowest BCUT2D eigenvalue weighted by Gasteiger charge is -2.02. The smallest absolute Gasteiger partial charge is 0.0696 e. The zero-order valence-electron chi connectivity index (χ0n) is 6.66. The first-order chi connectivity index (χ1) is 5.34. The second-order valence-electron chi connectivity index (χ2n) is 2.42. The van der Waals surface area contributed by atoms with E-state index in [1.165, 1.54) is 5.69 Å². The highest BCUT2D eigenvalue weighted by Gasteiger charge is 1.94. The zero-order chi connectivity index (χ0) is 8.10. The maximum Gasteiger partial charge on any atom is 0.0696 e. The van der Waals surface area contributed by atoms with E-state index in [-0.39, 0.29) is 0 Å². The van der Waals surface area contributed by atoms with Crippen molar-refractivity contribution in [1.82, 2.24) is 9.78 Å². The highest BCUT2D eigenvalue weighted by molar-refractivity contribution is 4.96. The number of nitrogens with zero attached hydrogens (tertiary/aromatic N) is 2. The molecule has 0 atom stereocenters. The molecule has 0 fully saturated rings. The first-order valence-electron chi connectivity index (χ1n) is 3.64. The molecule has 0 aliphatic heterocycles. The third-order valence-corrected chi connectivity index (χ3v) is 1.56. The Morgan fingerprint density at radius 1 is 1.73 bits per heavy atom. The quantitative estimate of drug-likeness (QED) is 0.508. The van der Waals surface area contributed by atoms with Crippen LogP contribution in [0, 0.1) is 6.92 Å². The van der Waals surface area contributed by atoms with Crippen molar-refractivity contribution >= 4 is 0 Å². The van der Waals surface area contributed by atoms with Crippen molar-refractivity contribution in [1.29, 1.82) is 0 Å². The van der Waals surface area contributed by atoms with Crippen molar-refractivity contribution in [3.8, 4) is 0 Å². The third kappa shape index (κ3) is 2.32. The maximum absolute atomic E-state index is 4.88. The molecular weight excluding hydrogens is 142 g/mol. The summed E-state index contributed by atoms with van der Waals surface area (Å²) >= 11 is 0. The van der Waals surface area contributed by atoms with E-state index in [1.54, 1.807) is 6.20 Å². The van der Waals surface area contributed by atoms with Gasteiger partial charge in [0.25, 0.3) is 0 Å². The molecule has 11 heavy (non-hydrogen) atoms. The fourth-order valence-corrected chi connectivity index (χ4v) is 0.931. The highest BCUT2D eigenvalue weighted by atomic mass is 16.6. The predicted octanol–water partition coefficient (Wildman–Crippen LogP) is 0.472. The summed E-state index contributed by atoms with van der Waals surface area (Å²) in [6, 6.07) is 1.98. The number of hydrogen-bond donors (Lipinski definition) is 1. The van der Waals surface area contributed by atoms with Crippen LogP contribution in [-0.4, -0.2) is 16.4 Å². The Morgan fingerprint density at radius 3 is 3.09 bits per heavy atom. The molecule has 2 N–H and O–H groups in total. The van der Waals surface area contributed by atoms with Crippen LogP contribution >= 0.6 is 0 Å². The van der Waals surface area contributed by atoms with Crippen LogP contribution in [0.2, 0.25) is 0 Å². The molecule has 1 aromatic rings. The van der Waals surface area contributed by atoms with E-state index in [0.29, 0.717) is 6.61 Å².